The van der Waals surface area contributed by atoms with Crippen LogP contribution in [-0.4, -0.2) is 24.2 Å². The molecule has 3 nitrogen and oxygen atoms in total. The maximum atomic E-state index is 11.5. The quantitative estimate of drug-likeness (QED) is 0.374. The average Bonchev–Trinajstić information content (AvgIpc) is 2.52. The van der Waals surface area contributed by atoms with Gasteiger partial charge in [-0.3, -0.25) is 4.79 Å². The van der Waals surface area contributed by atoms with Gasteiger partial charge in [-0.1, -0.05) is 40.5 Å². The molecule has 2 N–H and O–H groups in total. The molecule has 0 aromatic carbocycles. The molecule has 0 aliphatic carbocycles. The second-order valence-electron chi connectivity index (χ2n) is 7.00. The largest absolute Gasteiger partial charge is 0.395 e. The van der Waals surface area contributed by atoms with Crippen LogP contribution in [-0.2, 0) is 4.79 Å². The van der Waals surface area contributed by atoms with Crippen molar-refractivity contribution in [2.24, 2.45) is 0 Å². The zero-order valence-electron chi connectivity index (χ0n) is 16.8. The standard InChI is InChI=1S/C22H37NO2/c1-18(2)9-6-10-19(3)11-7-12-20(4)13-8-14-21(5)17-22(25)23-15-16-24/h9,11,13,17,24H,6-8,10,12,14-16H2,1-5H3,(H,23,25)/b19-11+,20-13+,21-17+. The van der Waals surface area contributed by atoms with Crippen LogP contribution in [0.15, 0.2) is 46.6 Å². The van der Waals surface area contributed by atoms with E-state index in [2.05, 4.69) is 51.2 Å². The van der Waals surface area contributed by atoms with Crippen LogP contribution in [0.4, 0.5) is 0 Å². The van der Waals surface area contributed by atoms with E-state index < -0.39 is 0 Å². The van der Waals surface area contributed by atoms with Gasteiger partial charge in [0.2, 0.25) is 5.91 Å². The number of hydrogen-bond donors (Lipinski definition) is 2. The number of allylic oxidation sites excluding steroid dienone is 7. The molecule has 0 bridgehead atoms. The molecule has 0 aliphatic rings. The fourth-order valence-electron chi connectivity index (χ4n) is 2.41. The Morgan fingerprint density at radius 1 is 0.800 bits per heavy atom. The van der Waals surface area contributed by atoms with Gasteiger partial charge in [-0.05, 0) is 73.1 Å². The van der Waals surface area contributed by atoms with Gasteiger partial charge in [-0.2, -0.15) is 0 Å². The van der Waals surface area contributed by atoms with Crippen molar-refractivity contribution in [3.63, 3.8) is 0 Å². The molecule has 0 spiro atoms. The molecule has 0 saturated carbocycles. The van der Waals surface area contributed by atoms with E-state index in [1.807, 2.05) is 6.92 Å². The third-order valence-electron chi connectivity index (χ3n) is 3.94. The van der Waals surface area contributed by atoms with Crippen molar-refractivity contribution in [1.29, 1.82) is 0 Å². The predicted molar refractivity (Wildman–Crippen MR) is 108 cm³/mol. The maximum Gasteiger partial charge on any atom is 0.244 e. The first kappa shape index (κ1) is 23.4. The van der Waals surface area contributed by atoms with Crippen LogP contribution in [0, 0.1) is 0 Å². The van der Waals surface area contributed by atoms with Crippen molar-refractivity contribution in [2.45, 2.75) is 73.1 Å². The summed E-state index contributed by atoms with van der Waals surface area (Å²) in [5.74, 6) is -0.124. The lowest BCUT2D eigenvalue weighted by Gasteiger charge is -2.03. The highest BCUT2D eigenvalue weighted by molar-refractivity contribution is 5.88. The summed E-state index contributed by atoms with van der Waals surface area (Å²) >= 11 is 0. The van der Waals surface area contributed by atoms with Crippen molar-refractivity contribution in [2.75, 3.05) is 13.2 Å². The summed E-state index contributed by atoms with van der Waals surface area (Å²) in [6, 6.07) is 0. The van der Waals surface area contributed by atoms with E-state index in [4.69, 9.17) is 5.11 Å². The number of nitrogens with one attached hydrogen (secondary N) is 1. The van der Waals surface area contributed by atoms with Crippen LogP contribution in [0.1, 0.15) is 73.1 Å². The molecular formula is C22H37NO2. The Morgan fingerprint density at radius 2 is 1.28 bits per heavy atom. The molecule has 0 radical (unpaired) electrons. The first-order valence-corrected chi connectivity index (χ1v) is 9.35. The zero-order valence-corrected chi connectivity index (χ0v) is 16.8. The molecule has 0 unspecified atom stereocenters. The molecule has 0 rings (SSSR count). The summed E-state index contributed by atoms with van der Waals surface area (Å²) < 4.78 is 0. The number of rotatable bonds is 12. The minimum atomic E-state index is -0.124. The SMILES string of the molecule is CC(C)=CCC/C(C)=C/CC/C(C)=C/CC/C(C)=C/C(=O)NCCO. The molecule has 0 saturated heterocycles. The van der Waals surface area contributed by atoms with Crippen molar-refractivity contribution < 1.29 is 9.90 Å². The van der Waals surface area contributed by atoms with E-state index in [-0.39, 0.29) is 12.5 Å². The minimum Gasteiger partial charge on any atom is -0.395 e. The fourth-order valence-corrected chi connectivity index (χ4v) is 2.41. The van der Waals surface area contributed by atoms with Crippen LogP contribution >= 0.6 is 0 Å². The first-order chi connectivity index (χ1) is 11.8. The predicted octanol–water partition coefficient (Wildman–Crippen LogP) is 5.24. The van der Waals surface area contributed by atoms with Gasteiger partial charge in [-0.15, -0.1) is 0 Å². The second-order valence-corrected chi connectivity index (χ2v) is 7.00. The monoisotopic (exact) mass is 347 g/mol. The van der Waals surface area contributed by atoms with Crippen molar-refractivity contribution in [3.05, 3.63) is 46.6 Å². The average molecular weight is 348 g/mol. The van der Waals surface area contributed by atoms with Crippen LogP contribution in [0.3, 0.4) is 0 Å². The minimum absolute atomic E-state index is 0.0244. The summed E-state index contributed by atoms with van der Waals surface area (Å²) in [5.41, 5.74) is 5.33. The Kier molecular flexibility index (Phi) is 13.8. The van der Waals surface area contributed by atoms with Gasteiger partial charge in [0.1, 0.15) is 0 Å². The Balaban J connectivity index is 4.07. The molecule has 0 aliphatic heterocycles. The van der Waals surface area contributed by atoms with Crippen LogP contribution in [0.2, 0.25) is 0 Å². The highest BCUT2D eigenvalue weighted by Crippen LogP contribution is 2.13. The van der Waals surface area contributed by atoms with Gasteiger partial charge < -0.3 is 10.4 Å². The Hall–Kier alpha value is -1.61. The number of hydrogen-bond acceptors (Lipinski definition) is 2. The lowest BCUT2D eigenvalue weighted by atomic mass is 10.0. The first-order valence-electron chi connectivity index (χ1n) is 9.35. The van der Waals surface area contributed by atoms with Gasteiger partial charge in [0, 0.05) is 12.6 Å². The molecule has 25 heavy (non-hydrogen) atoms. The molecule has 3 heteroatoms. The molecule has 0 atom stereocenters. The van der Waals surface area contributed by atoms with E-state index in [1.165, 1.54) is 16.7 Å². The Bertz CT molecular complexity index is 506. The van der Waals surface area contributed by atoms with E-state index in [0.29, 0.717) is 6.54 Å². The van der Waals surface area contributed by atoms with E-state index >= 15 is 0 Å². The Labute approximate surface area is 154 Å². The summed E-state index contributed by atoms with van der Waals surface area (Å²) in [5, 5.41) is 11.3. The third-order valence-corrected chi connectivity index (χ3v) is 3.94. The third kappa shape index (κ3) is 15.6. The lowest BCUT2D eigenvalue weighted by molar-refractivity contribution is -0.116. The topological polar surface area (TPSA) is 49.3 Å². The number of carbonyl (C=O) groups is 1. The maximum absolute atomic E-state index is 11.5. The smallest absolute Gasteiger partial charge is 0.244 e. The van der Waals surface area contributed by atoms with Crippen molar-refractivity contribution >= 4 is 5.91 Å². The van der Waals surface area contributed by atoms with Gasteiger partial charge in [-0.25, -0.2) is 0 Å². The van der Waals surface area contributed by atoms with Gasteiger partial charge in [0.05, 0.1) is 6.61 Å². The molecule has 142 valence electrons. The molecule has 0 fully saturated rings. The summed E-state index contributed by atoms with van der Waals surface area (Å²) in [7, 11) is 0. The van der Waals surface area contributed by atoms with E-state index in [0.717, 1.165) is 44.1 Å². The molecular weight excluding hydrogens is 310 g/mol. The molecule has 0 heterocycles. The van der Waals surface area contributed by atoms with Gasteiger partial charge >= 0.3 is 0 Å². The van der Waals surface area contributed by atoms with E-state index in [9.17, 15) is 4.79 Å². The fraction of sp³-hybridized carbons (Fsp3) is 0.591. The number of carbonyl (C=O) groups excluding carboxylic acids is 1. The van der Waals surface area contributed by atoms with Crippen molar-refractivity contribution in [1.82, 2.24) is 5.32 Å². The number of aliphatic hydroxyl groups excluding tert-OH is 1. The van der Waals surface area contributed by atoms with Crippen LogP contribution < -0.4 is 5.32 Å². The van der Waals surface area contributed by atoms with Crippen LogP contribution in [0.5, 0.6) is 0 Å². The summed E-state index contributed by atoms with van der Waals surface area (Å²) in [4.78, 5) is 11.5. The highest BCUT2D eigenvalue weighted by Gasteiger charge is 1.97. The lowest BCUT2D eigenvalue weighted by Crippen LogP contribution is -2.24. The van der Waals surface area contributed by atoms with Gasteiger partial charge in [0.15, 0.2) is 0 Å². The highest BCUT2D eigenvalue weighted by atomic mass is 16.3. The zero-order chi connectivity index (χ0) is 19.1. The normalized spacial score (nSPS) is 13.0. The number of amides is 1. The summed E-state index contributed by atoms with van der Waals surface area (Å²) in [6.07, 6.45) is 14.9. The van der Waals surface area contributed by atoms with Crippen LogP contribution in [0.25, 0.3) is 0 Å². The number of aliphatic hydroxyl groups is 1. The second kappa shape index (κ2) is 14.7. The Morgan fingerprint density at radius 3 is 1.76 bits per heavy atom. The molecule has 1 amide bonds. The van der Waals surface area contributed by atoms with Gasteiger partial charge in [0.25, 0.3) is 0 Å². The van der Waals surface area contributed by atoms with Crippen molar-refractivity contribution in [3.8, 4) is 0 Å². The molecule has 0 aromatic rings. The molecule has 0 aromatic heterocycles. The summed E-state index contributed by atoms with van der Waals surface area (Å²) in [6.45, 7) is 10.9. The van der Waals surface area contributed by atoms with E-state index in [1.54, 1.807) is 6.08 Å².